The predicted molar refractivity (Wildman–Crippen MR) is 57.9 cm³/mol. The molecule has 0 aliphatic heterocycles. The van der Waals surface area contributed by atoms with Crippen LogP contribution < -0.4 is 0 Å². The highest BCUT2D eigenvalue weighted by atomic mass is 16.5. The summed E-state index contributed by atoms with van der Waals surface area (Å²) in [5.41, 5.74) is 0. The maximum atomic E-state index is 11.5. The minimum Gasteiger partial charge on any atom is -0.418 e. The summed E-state index contributed by atoms with van der Waals surface area (Å²) in [6.07, 6.45) is 4.15. The summed E-state index contributed by atoms with van der Waals surface area (Å²) < 4.78 is 4.90. The number of nitrogens with zero attached hydrogens (tertiary/aromatic N) is 1. The second-order valence-electron chi connectivity index (χ2n) is 3.54. The third-order valence-electron chi connectivity index (χ3n) is 1.71. The molecule has 0 heterocycles. The Hall–Kier alpha value is -1.25. The molecule has 14 heavy (non-hydrogen) atoms. The molecular weight excluding hydrogens is 178 g/mol. The van der Waals surface area contributed by atoms with Crippen LogP contribution in [0.4, 0.5) is 4.79 Å². The highest BCUT2D eigenvalue weighted by molar-refractivity contribution is 5.69. The van der Waals surface area contributed by atoms with E-state index >= 15 is 0 Å². The van der Waals surface area contributed by atoms with Gasteiger partial charge in [-0.2, -0.15) is 0 Å². The third-order valence-corrected chi connectivity index (χ3v) is 1.71. The molecule has 0 atom stereocenters. The van der Waals surface area contributed by atoms with Crippen molar-refractivity contribution >= 4 is 6.09 Å². The van der Waals surface area contributed by atoms with Crippen molar-refractivity contribution in [2.45, 2.75) is 39.8 Å². The maximum absolute atomic E-state index is 11.5. The van der Waals surface area contributed by atoms with Gasteiger partial charge in [-0.15, -0.1) is 0 Å². The van der Waals surface area contributed by atoms with E-state index in [1.807, 2.05) is 27.7 Å². The molecular formula is C11H19NO2. The molecule has 0 saturated heterocycles. The second kappa shape index (κ2) is 6.24. The van der Waals surface area contributed by atoms with Gasteiger partial charge in [-0.05, 0) is 33.8 Å². The van der Waals surface area contributed by atoms with E-state index in [-0.39, 0.29) is 18.2 Å². The molecule has 3 nitrogen and oxygen atoms in total. The third kappa shape index (κ3) is 4.12. The molecule has 0 aliphatic rings. The number of amides is 1. The van der Waals surface area contributed by atoms with Gasteiger partial charge in [0.1, 0.15) is 0 Å². The molecule has 0 bridgehead atoms. The number of hydrogen-bond acceptors (Lipinski definition) is 2. The molecule has 0 radical (unpaired) electrons. The number of rotatable bonds is 4. The Morgan fingerprint density at radius 3 is 2.14 bits per heavy atom. The largest absolute Gasteiger partial charge is 0.418 e. The van der Waals surface area contributed by atoms with Crippen LogP contribution in [0.25, 0.3) is 0 Å². The Morgan fingerprint density at radius 1 is 1.29 bits per heavy atom. The van der Waals surface area contributed by atoms with Crippen LogP contribution in [0.3, 0.4) is 0 Å². The van der Waals surface area contributed by atoms with Crippen molar-refractivity contribution in [3.05, 3.63) is 25.0 Å². The van der Waals surface area contributed by atoms with E-state index in [0.29, 0.717) is 0 Å². The van der Waals surface area contributed by atoms with Crippen LogP contribution in [0.2, 0.25) is 0 Å². The number of ether oxygens (including phenoxy) is 1. The van der Waals surface area contributed by atoms with Crippen LogP contribution >= 0.6 is 0 Å². The fourth-order valence-electron chi connectivity index (χ4n) is 1.23. The van der Waals surface area contributed by atoms with Crippen molar-refractivity contribution in [1.29, 1.82) is 0 Å². The van der Waals surface area contributed by atoms with Crippen molar-refractivity contribution in [2.24, 2.45) is 0 Å². The van der Waals surface area contributed by atoms with Gasteiger partial charge in [0.25, 0.3) is 0 Å². The summed E-state index contributed by atoms with van der Waals surface area (Å²) >= 11 is 0. The van der Waals surface area contributed by atoms with E-state index in [1.54, 1.807) is 17.1 Å². The molecule has 3 heteroatoms. The zero-order valence-corrected chi connectivity index (χ0v) is 9.36. The van der Waals surface area contributed by atoms with Crippen LogP contribution in [-0.2, 0) is 4.74 Å². The normalized spacial score (nSPS) is 11.0. The molecule has 0 aromatic carbocycles. The molecule has 0 rings (SSSR count). The summed E-state index contributed by atoms with van der Waals surface area (Å²) in [5.74, 6) is 0. The van der Waals surface area contributed by atoms with Crippen LogP contribution in [0.1, 0.15) is 27.7 Å². The highest BCUT2D eigenvalue weighted by Gasteiger charge is 2.20. The lowest BCUT2D eigenvalue weighted by Gasteiger charge is -2.28. The number of carbonyl (C=O) groups excluding carboxylic acids is 1. The Labute approximate surface area is 86.0 Å². The van der Waals surface area contributed by atoms with Gasteiger partial charge in [0, 0.05) is 12.1 Å². The molecule has 0 aromatic heterocycles. The fourth-order valence-corrected chi connectivity index (χ4v) is 1.23. The first kappa shape index (κ1) is 12.8. The van der Waals surface area contributed by atoms with Gasteiger partial charge in [-0.25, -0.2) is 4.79 Å². The van der Waals surface area contributed by atoms with E-state index in [4.69, 9.17) is 4.74 Å². The minimum atomic E-state index is -0.326. The average Bonchev–Trinajstić information content (AvgIpc) is 2.03. The lowest BCUT2D eigenvalue weighted by atomic mass is 10.2. The zero-order chi connectivity index (χ0) is 11.1. The SMILES string of the molecule is C=C/C=C\OC(=O)N(C(C)C)C(C)C. The molecule has 0 spiro atoms. The summed E-state index contributed by atoms with van der Waals surface area (Å²) in [5, 5.41) is 0. The summed E-state index contributed by atoms with van der Waals surface area (Å²) in [6.45, 7) is 11.3. The van der Waals surface area contributed by atoms with Gasteiger partial charge in [-0.1, -0.05) is 12.7 Å². The average molecular weight is 197 g/mol. The molecule has 80 valence electrons. The van der Waals surface area contributed by atoms with Crippen molar-refractivity contribution in [3.63, 3.8) is 0 Å². The van der Waals surface area contributed by atoms with Gasteiger partial charge in [0.2, 0.25) is 0 Å². The Morgan fingerprint density at radius 2 is 1.79 bits per heavy atom. The summed E-state index contributed by atoms with van der Waals surface area (Å²) in [7, 11) is 0. The van der Waals surface area contributed by atoms with E-state index in [1.165, 1.54) is 6.26 Å². The summed E-state index contributed by atoms with van der Waals surface area (Å²) in [4.78, 5) is 13.2. The quantitative estimate of drug-likeness (QED) is 0.512. The molecule has 0 unspecified atom stereocenters. The first-order chi connectivity index (χ1) is 6.50. The van der Waals surface area contributed by atoms with Gasteiger partial charge in [0.15, 0.2) is 0 Å². The van der Waals surface area contributed by atoms with Gasteiger partial charge < -0.3 is 9.64 Å². The minimum absolute atomic E-state index is 0.139. The predicted octanol–water partition coefficient (Wildman–Crippen LogP) is 2.94. The standard InChI is InChI=1S/C11H19NO2/c1-6-7-8-14-11(13)12(9(2)3)10(4)5/h6-10H,1H2,2-5H3/b8-7-. The van der Waals surface area contributed by atoms with Crippen LogP contribution in [0.15, 0.2) is 25.0 Å². The smallest absolute Gasteiger partial charge is 0.415 e. The van der Waals surface area contributed by atoms with Crippen LogP contribution in [0.5, 0.6) is 0 Å². The Balaban J connectivity index is 4.30. The van der Waals surface area contributed by atoms with Gasteiger partial charge in [-0.3, -0.25) is 0 Å². The van der Waals surface area contributed by atoms with Gasteiger partial charge >= 0.3 is 6.09 Å². The van der Waals surface area contributed by atoms with Crippen molar-refractivity contribution in [1.82, 2.24) is 4.90 Å². The van der Waals surface area contributed by atoms with Crippen LogP contribution in [-0.4, -0.2) is 23.1 Å². The van der Waals surface area contributed by atoms with Crippen molar-refractivity contribution in [2.75, 3.05) is 0 Å². The monoisotopic (exact) mass is 197 g/mol. The first-order valence-electron chi connectivity index (χ1n) is 4.77. The van der Waals surface area contributed by atoms with E-state index in [9.17, 15) is 4.79 Å². The van der Waals surface area contributed by atoms with Crippen molar-refractivity contribution < 1.29 is 9.53 Å². The molecule has 0 fully saturated rings. The topological polar surface area (TPSA) is 29.5 Å². The number of hydrogen-bond donors (Lipinski definition) is 0. The number of allylic oxidation sites excluding steroid dienone is 2. The van der Waals surface area contributed by atoms with Crippen molar-refractivity contribution in [3.8, 4) is 0 Å². The van der Waals surface area contributed by atoms with E-state index < -0.39 is 0 Å². The molecule has 0 N–H and O–H groups in total. The van der Waals surface area contributed by atoms with Crippen LogP contribution in [0, 0.1) is 0 Å². The highest BCUT2D eigenvalue weighted by Crippen LogP contribution is 2.07. The Kier molecular flexibility index (Phi) is 5.68. The second-order valence-corrected chi connectivity index (χ2v) is 3.54. The van der Waals surface area contributed by atoms with Gasteiger partial charge in [0.05, 0.1) is 6.26 Å². The van der Waals surface area contributed by atoms with E-state index in [0.717, 1.165) is 0 Å². The maximum Gasteiger partial charge on any atom is 0.415 e. The summed E-state index contributed by atoms with van der Waals surface area (Å²) in [6, 6.07) is 0.277. The molecule has 0 aliphatic carbocycles. The number of carbonyl (C=O) groups is 1. The Bertz CT molecular complexity index is 211. The van der Waals surface area contributed by atoms with E-state index in [2.05, 4.69) is 6.58 Å². The molecule has 0 aromatic rings. The molecule has 1 amide bonds. The lowest BCUT2D eigenvalue weighted by molar-refractivity contribution is 0.109. The zero-order valence-electron chi connectivity index (χ0n) is 9.36. The molecule has 0 saturated carbocycles. The lowest BCUT2D eigenvalue weighted by Crippen LogP contribution is -2.41. The fraction of sp³-hybridized carbons (Fsp3) is 0.545. The first-order valence-corrected chi connectivity index (χ1v) is 4.77.